The van der Waals surface area contributed by atoms with Crippen LogP contribution < -0.4 is 5.32 Å². The van der Waals surface area contributed by atoms with E-state index in [1.54, 1.807) is 0 Å². The molecule has 1 fully saturated rings. The van der Waals surface area contributed by atoms with Gasteiger partial charge in [0.05, 0.1) is 0 Å². The fourth-order valence-electron chi connectivity index (χ4n) is 2.10. The molecule has 1 aromatic rings. The largest absolute Gasteiger partial charge is 0.314 e. The Labute approximate surface area is 131 Å². The zero-order valence-electron chi connectivity index (χ0n) is 10.2. The zero-order chi connectivity index (χ0) is 11.5. The van der Waals surface area contributed by atoms with Crippen molar-refractivity contribution in [1.82, 2.24) is 10.2 Å². The first kappa shape index (κ1) is 18.3. The molecule has 1 aliphatic heterocycles. The van der Waals surface area contributed by atoms with E-state index in [4.69, 9.17) is 23.2 Å². The molecule has 1 heterocycles. The Balaban J connectivity index is 0.00000144. The number of nitrogens with one attached hydrogen (secondary N) is 1. The van der Waals surface area contributed by atoms with Gasteiger partial charge < -0.3 is 5.32 Å². The van der Waals surface area contributed by atoms with Crippen LogP contribution in [0.3, 0.4) is 0 Å². The number of nitrogens with zero attached hydrogens (tertiary/aromatic N) is 1. The quantitative estimate of drug-likeness (QED) is 0.886. The molecule has 6 heteroatoms. The van der Waals surface area contributed by atoms with E-state index in [0.29, 0.717) is 6.04 Å². The van der Waals surface area contributed by atoms with Crippen LogP contribution in [0.2, 0.25) is 10.0 Å². The van der Waals surface area contributed by atoms with Gasteiger partial charge in [-0.05, 0) is 30.7 Å². The van der Waals surface area contributed by atoms with Gasteiger partial charge in [0.2, 0.25) is 0 Å². The summed E-state index contributed by atoms with van der Waals surface area (Å²) in [5.41, 5.74) is 1.12. The maximum atomic E-state index is 6.21. The van der Waals surface area contributed by atoms with Crippen LogP contribution >= 0.6 is 48.0 Å². The minimum atomic E-state index is 0. The molecule has 0 aliphatic carbocycles. The van der Waals surface area contributed by atoms with Gasteiger partial charge in [0.15, 0.2) is 0 Å². The number of benzene rings is 1. The minimum absolute atomic E-state index is 0. The van der Waals surface area contributed by atoms with Crippen molar-refractivity contribution in [3.8, 4) is 0 Å². The van der Waals surface area contributed by atoms with Gasteiger partial charge in [-0.1, -0.05) is 23.2 Å². The molecule has 1 saturated heterocycles. The number of halogens is 4. The SMILES string of the molecule is CC(c1cc(Cl)ccc1Cl)N1CCNCC1.Cl.Cl. The van der Waals surface area contributed by atoms with Crippen LogP contribution in [0.15, 0.2) is 18.2 Å². The molecule has 0 radical (unpaired) electrons. The predicted molar refractivity (Wildman–Crippen MR) is 83.8 cm³/mol. The maximum absolute atomic E-state index is 6.21. The smallest absolute Gasteiger partial charge is 0.0454 e. The van der Waals surface area contributed by atoms with Crippen molar-refractivity contribution >= 4 is 48.0 Å². The van der Waals surface area contributed by atoms with E-state index in [1.165, 1.54) is 0 Å². The lowest BCUT2D eigenvalue weighted by atomic mass is 10.1. The Morgan fingerprint density at radius 3 is 2.39 bits per heavy atom. The lowest BCUT2D eigenvalue weighted by Gasteiger charge is -2.33. The van der Waals surface area contributed by atoms with Gasteiger partial charge >= 0.3 is 0 Å². The summed E-state index contributed by atoms with van der Waals surface area (Å²) in [5.74, 6) is 0. The number of piperazine rings is 1. The molecule has 0 spiro atoms. The number of rotatable bonds is 2. The first-order chi connectivity index (χ1) is 7.68. The van der Waals surface area contributed by atoms with E-state index in [-0.39, 0.29) is 24.8 Å². The predicted octanol–water partition coefficient (Wildman–Crippen LogP) is 3.80. The molecule has 2 nitrogen and oxygen atoms in total. The number of hydrogen-bond acceptors (Lipinski definition) is 2. The van der Waals surface area contributed by atoms with E-state index in [0.717, 1.165) is 41.8 Å². The van der Waals surface area contributed by atoms with Crippen LogP contribution in [0.5, 0.6) is 0 Å². The first-order valence-corrected chi connectivity index (χ1v) is 6.34. The second-order valence-electron chi connectivity index (χ2n) is 4.13. The highest BCUT2D eigenvalue weighted by Gasteiger charge is 2.19. The van der Waals surface area contributed by atoms with Crippen molar-refractivity contribution in [2.75, 3.05) is 26.2 Å². The van der Waals surface area contributed by atoms with E-state index in [2.05, 4.69) is 17.1 Å². The summed E-state index contributed by atoms with van der Waals surface area (Å²) >= 11 is 12.2. The summed E-state index contributed by atoms with van der Waals surface area (Å²) in [6.07, 6.45) is 0. The van der Waals surface area contributed by atoms with Gasteiger partial charge in [0, 0.05) is 42.3 Å². The topological polar surface area (TPSA) is 15.3 Å². The normalized spacial score (nSPS) is 17.5. The molecule has 0 aromatic heterocycles. The van der Waals surface area contributed by atoms with Gasteiger partial charge in [-0.3, -0.25) is 4.90 Å². The molecule has 1 N–H and O–H groups in total. The first-order valence-electron chi connectivity index (χ1n) is 5.58. The van der Waals surface area contributed by atoms with E-state index < -0.39 is 0 Å². The summed E-state index contributed by atoms with van der Waals surface area (Å²) in [6, 6.07) is 6.00. The van der Waals surface area contributed by atoms with Crippen LogP contribution in [0.1, 0.15) is 18.5 Å². The Hall–Kier alpha value is 0.300. The van der Waals surface area contributed by atoms with E-state index in [9.17, 15) is 0 Å². The molecule has 2 rings (SSSR count). The van der Waals surface area contributed by atoms with E-state index >= 15 is 0 Å². The monoisotopic (exact) mass is 330 g/mol. The molecule has 1 aromatic carbocycles. The van der Waals surface area contributed by atoms with Crippen LogP contribution in [0.4, 0.5) is 0 Å². The molecule has 18 heavy (non-hydrogen) atoms. The average molecular weight is 332 g/mol. The standard InChI is InChI=1S/C12H16Cl2N2.2ClH/c1-9(16-6-4-15-5-7-16)11-8-10(13)2-3-12(11)14;;/h2-3,8-9,15H,4-7H2,1H3;2*1H. The Morgan fingerprint density at radius 1 is 1.17 bits per heavy atom. The van der Waals surface area contributed by atoms with Gasteiger partial charge in [0.25, 0.3) is 0 Å². The fraction of sp³-hybridized carbons (Fsp3) is 0.500. The molecule has 1 aliphatic rings. The average Bonchev–Trinajstić information content (AvgIpc) is 2.32. The summed E-state index contributed by atoms with van der Waals surface area (Å²) in [6.45, 7) is 6.39. The Morgan fingerprint density at radius 2 is 1.78 bits per heavy atom. The third-order valence-electron chi connectivity index (χ3n) is 3.11. The van der Waals surface area contributed by atoms with Crippen molar-refractivity contribution in [2.45, 2.75) is 13.0 Å². The molecule has 1 atom stereocenters. The highest BCUT2D eigenvalue weighted by molar-refractivity contribution is 6.33. The van der Waals surface area contributed by atoms with Crippen LogP contribution in [0, 0.1) is 0 Å². The Kier molecular flexibility index (Phi) is 8.61. The molecule has 1 unspecified atom stereocenters. The second-order valence-corrected chi connectivity index (χ2v) is 4.97. The maximum Gasteiger partial charge on any atom is 0.0454 e. The molecule has 0 saturated carbocycles. The van der Waals surface area contributed by atoms with Crippen molar-refractivity contribution in [1.29, 1.82) is 0 Å². The fourth-order valence-corrected chi connectivity index (χ4v) is 2.56. The van der Waals surface area contributed by atoms with Gasteiger partial charge in [-0.2, -0.15) is 0 Å². The number of hydrogen-bond donors (Lipinski definition) is 1. The van der Waals surface area contributed by atoms with Gasteiger partial charge in [0.1, 0.15) is 0 Å². The molecular weight excluding hydrogens is 314 g/mol. The zero-order valence-corrected chi connectivity index (χ0v) is 13.3. The van der Waals surface area contributed by atoms with E-state index in [1.807, 2.05) is 18.2 Å². The van der Waals surface area contributed by atoms with Crippen LogP contribution in [-0.2, 0) is 0 Å². The summed E-state index contributed by atoms with van der Waals surface area (Å²) in [7, 11) is 0. The second kappa shape index (κ2) is 8.47. The van der Waals surface area contributed by atoms with Gasteiger partial charge in [-0.15, -0.1) is 24.8 Å². The van der Waals surface area contributed by atoms with Crippen LogP contribution in [-0.4, -0.2) is 31.1 Å². The molecule has 104 valence electrons. The highest BCUT2D eigenvalue weighted by Crippen LogP contribution is 2.29. The lowest BCUT2D eigenvalue weighted by molar-refractivity contribution is 0.185. The summed E-state index contributed by atoms with van der Waals surface area (Å²) in [4.78, 5) is 2.42. The molecular formula is C12H18Cl4N2. The highest BCUT2D eigenvalue weighted by atomic mass is 35.5. The third kappa shape index (κ3) is 4.44. The molecule has 0 amide bonds. The summed E-state index contributed by atoms with van der Waals surface area (Å²) in [5, 5.41) is 4.90. The van der Waals surface area contributed by atoms with Crippen molar-refractivity contribution in [3.05, 3.63) is 33.8 Å². The van der Waals surface area contributed by atoms with Crippen molar-refractivity contribution in [3.63, 3.8) is 0 Å². The van der Waals surface area contributed by atoms with Crippen molar-refractivity contribution in [2.24, 2.45) is 0 Å². The van der Waals surface area contributed by atoms with Crippen LogP contribution in [0.25, 0.3) is 0 Å². The third-order valence-corrected chi connectivity index (χ3v) is 3.69. The summed E-state index contributed by atoms with van der Waals surface area (Å²) < 4.78 is 0. The van der Waals surface area contributed by atoms with Crippen molar-refractivity contribution < 1.29 is 0 Å². The van der Waals surface area contributed by atoms with Gasteiger partial charge in [-0.25, -0.2) is 0 Å². The molecule has 0 bridgehead atoms. The minimum Gasteiger partial charge on any atom is -0.314 e. The lowest BCUT2D eigenvalue weighted by Crippen LogP contribution is -2.44. The Bertz CT molecular complexity index is 367.